The van der Waals surface area contributed by atoms with Crippen molar-refractivity contribution >= 4 is 33.9 Å². The van der Waals surface area contributed by atoms with Crippen molar-refractivity contribution < 1.29 is 18.9 Å². The number of carbonyl (C=O) groups is 2. The molecule has 1 aromatic carbocycles. The SMILES string of the molecule is CCOC(=O)c1c(-c2ccccc2)csc1NC(=O)C[n+]1ccc(N(C)C)cc1. The molecule has 6 nitrogen and oxygen atoms in total. The number of carbonyl (C=O) groups excluding carboxylic acids is 2. The number of amides is 1. The Labute approximate surface area is 174 Å². The lowest BCUT2D eigenvalue weighted by molar-refractivity contribution is -0.684. The maximum absolute atomic E-state index is 12.6. The Morgan fingerprint density at radius 2 is 1.79 bits per heavy atom. The van der Waals surface area contributed by atoms with Crippen LogP contribution < -0.4 is 14.8 Å². The summed E-state index contributed by atoms with van der Waals surface area (Å²) < 4.78 is 7.02. The van der Waals surface area contributed by atoms with Gasteiger partial charge in [0, 0.05) is 42.9 Å². The van der Waals surface area contributed by atoms with E-state index in [-0.39, 0.29) is 19.1 Å². The van der Waals surface area contributed by atoms with Crippen LogP contribution in [0.25, 0.3) is 11.1 Å². The topological polar surface area (TPSA) is 62.5 Å². The second-order valence-electron chi connectivity index (χ2n) is 6.61. The maximum Gasteiger partial charge on any atom is 0.341 e. The Bertz CT molecular complexity index is 982. The van der Waals surface area contributed by atoms with E-state index in [9.17, 15) is 9.59 Å². The first-order valence-corrected chi connectivity index (χ1v) is 10.2. The fourth-order valence-electron chi connectivity index (χ4n) is 2.87. The Hall–Kier alpha value is -3.19. The molecule has 3 rings (SSSR count). The van der Waals surface area contributed by atoms with Crippen LogP contribution in [0.5, 0.6) is 0 Å². The first kappa shape index (κ1) is 20.5. The van der Waals surface area contributed by atoms with E-state index >= 15 is 0 Å². The van der Waals surface area contributed by atoms with Crippen molar-refractivity contribution in [3.63, 3.8) is 0 Å². The van der Waals surface area contributed by atoms with Crippen molar-refractivity contribution in [2.45, 2.75) is 13.5 Å². The zero-order valence-corrected chi connectivity index (χ0v) is 17.5. The zero-order chi connectivity index (χ0) is 20.8. The van der Waals surface area contributed by atoms with Gasteiger partial charge in [-0.2, -0.15) is 4.57 Å². The number of thiophene rings is 1. The highest BCUT2D eigenvalue weighted by molar-refractivity contribution is 7.15. The molecule has 1 N–H and O–H groups in total. The summed E-state index contributed by atoms with van der Waals surface area (Å²) in [6.07, 6.45) is 3.70. The number of aromatic nitrogens is 1. The number of anilines is 2. The molecule has 0 radical (unpaired) electrons. The monoisotopic (exact) mass is 410 g/mol. The lowest BCUT2D eigenvalue weighted by Crippen LogP contribution is -2.39. The minimum absolute atomic E-state index is 0.147. The van der Waals surface area contributed by atoms with Gasteiger partial charge in [-0.05, 0) is 12.5 Å². The highest BCUT2D eigenvalue weighted by Crippen LogP contribution is 2.36. The molecule has 29 heavy (non-hydrogen) atoms. The second kappa shape index (κ2) is 9.34. The Morgan fingerprint density at radius 3 is 2.41 bits per heavy atom. The van der Waals surface area contributed by atoms with Gasteiger partial charge in [-0.1, -0.05) is 30.3 Å². The van der Waals surface area contributed by atoms with Gasteiger partial charge < -0.3 is 15.0 Å². The summed E-state index contributed by atoms with van der Waals surface area (Å²) in [4.78, 5) is 27.2. The molecule has 0 aliphatic rings. The number of nitrogens with one attached hydrogen (secondary N) is 1. The van der Waals surface area contributed by atoms with Gasteiger partial charge in [0.1, 0.15) is 10.6 Å². The number of nitrogens with zero attached hydrogens (tertiary/aromatic N) is 2. The standard InChI is InChI=1S/C22H23N3O3S/c1-4-28-22(27)20-18(16-8-6-5-7-9-16)15-29-21(20)23-19(26)14-25-12-10-17(11-13-25)24(2)3/h5-13,15H,4,14H2,1-3H3/p+1. The number of pyridine rings is 1. The number of rotatable bonds is 7. The van der Waals surface area contributed by atoms with E-state index in [0.29, 0.717) is 10.6 Å². The van der Waals surface area contributed by atoms with E-state index in [1.165, 1.54) is 11.3 Å². The van der Waals surface area contributed by atoms with E-state index < -0.39 is 5.97 Å². The Balaban J connectivity index is 1.81. The quantitative estimate of drug-likeness (QED) is 0.478. The van der Waals surface area contributed by atoms with Crippen molar-refractivity contribution in [2.24, 2.45) is 0 Å². The van der Waals surface area contributed by atoms with Gasteiger partial charge >= 0.3 is 5.97 Å². The summed E-state index contributed by atoms with van der Waals surface area (Å²) in [5.74, 6) is -0.648. The van der Waals surface area contributed by atoms with Crippen LogP contribution in [0.15, 0.2) is 60.2 Å². The minimum atomic E-state index is -0.439. The molecule has 150 valence electrons. The molecule has 2 heterocycles. The van der Waals surface area contributed by atoms with Gasteiger partial charge in [-0.25, -0.2) is 4.79 Å². The molecule has 0 saturated heterocycles. The van der Waals surface area contributed by atoms with E-state index in [1.807, 2.05) is 79.2 Å². The molecule has 0 bridgehead atoms. The van der Waals surface area contributed by atoms with E-state index in [0.717, 1.165) is 16.8 Å². The summed E-state index contributed by atoms with van der Waals surface area (Å²) in [6, 6.07) is 13.5. The highest BCUT2D eigenvalue weighted by atomic mass is 32.1. The van der Waals surface area contributed by atoms with Gasteiger partial charge in [0.25, 0.3) is 5.91 Å². The first-order valence-electron chi connectivity index (χ1n) is 9.30. The molecule has 0 spiro atoms. The predicted octanol–water partition coefficient (Wildman–Crippen LogP) is 3.58. The number of ether oxygens (including phenoxy) is 1. The minimum Gasteiger partial charge on any atom is -0.462 e. The predicted molar refractivity (Wildman–Crippen MR) is 115 cm³/mol. The molecule has 0 unspecified atom stereocenters. The largest absolute Gasteiger partial charge is 0.462 e. The van der Waals surface area contributed by atoms with Crippen LogP contribution in [0.3, 0.4) is 0 Å². The lowest BCUT2D eigenvalue weighted by atomic mass is 10.0. The van der Waals surface area contributed by atoms with Crippen molar-refractivity contribution in [2.75, 3.05) is 30.9 Å². The fraction of sp³-hybridized carbons (Fsp3) is 0.227. The van der Waals surface area contributed by atoms with Crippen molar-refractivity contribution in [1.82, 2.24) is 0 Å². The molecular formula is C22H24N3O3S+. The first-order chi connectivity index (χ1) is 14.0. The zero-order valence-electron chi connectivity index (χ0n) is 16.7. The third-order valence-electron chi connectivity index (χ3n) is 4.32. The molecule has 2 aromatic heterocycles. The van der Waals surface area contributed by atoms with Crippen LogP contribution in [0, 0.1) is 0 Å². The number of benzene rings is 1. The summed E-state index contributed by atoms with van der Waals surface area (Å²) in [5, 5.41) is 5.24. The van der Waals surface area contributed by atoms with Gasteiger partial charge in [0.05, 0.1) is 6.61 Å². The third kappa shape index (κ3) is 5.00. The number of hydrogen-bond acceptors (Lipinski definition) is 5. The maximum atomic E-state index is 12.6. The van der Waals surface area contributed by atoms with Crippen LogP contribution in [0.1, 0.15) is 17.3 Å². The number of esters is 1. The van der Waals surface area contributed by atoms with Gasteiger partial charge in [0.2, 0.25) is 6.54 Å². The van der Waals surface area contributed by atoms with Crippen LogP contribution in [0.4, 0.5) is 10.7 Å². The second-order valence-corrected chi connectivity index (χ2v) is 7.49. The van der Waals surface area contributed by atoms with Crippen molar-refractivity contribution in [1.29, 1.82) is 0 Å². The van der Waals surface area contributed by atoms with Crippen LogP contribution >= 0.6 is 11.3 Å². The molecule has 0 aliphatic heterocycles. The fourth-order valence-corrected chi connectivity index (χ4v) is 3.84. The van der Waals surface area contributed by atoms with Gasteiger partial charge in [0.15, 0.2) is 12.4 Å². The number of hydrogen-bond donors (Lipinski definition) is 1. The molecule has 7 heteroatoms. The molecular weight excluding hydrogens is 386 g/mol. The summed E-state index contributed by atoms with van der Waals surface area (Å²) in [5.41, 5.74) is 3.11. The Kier molecular flexibility index (Phi) is 6.61. The van der Waals surface area contributed by atoms with Gasteiger partial charge in [-0.15, -0.1) is 11.3 Å². The van der Waals surface area contributed by atoms with Crippen LogP contribution in [-0.2, 0) is 16.1 Å². The molecule has 3 aromatic rings. The van der Waals surface area contributed by atoms with Crippen LogP contribution in [0.2, 0.25) is 0 Å². The Morgan fingerprint density at radius 1 is 1.10 bits per heavy atom. The van der Waals surface area contributed by atoms with Crippen molar-refractivity contribution in [3.05, 3.63) is 65.8 Å². The average Bonchev–Trinajstić information content (AvgIpc) is 3.12. The summed E-state index contributed by atoms with van der Waals surface area (Å²) in [7, 11) is 3.93. The smallest absolute Gasteiger partial charge is 0.341 e. The molecule has 0 aliphatic carbocycles. The van der Waals surface area contributed by atoms with Gasteiger partial charge in [-0.3, -0.25) is 4.79 Å². The summed E-state index contributed by atoms with van der Waals surface area (Å²) >= 11 is 1.32. The van der Waals surface area contributed by atoms with Crippen molar-refractivity contribution in [3.8, 4) is 11.1 Å². The highest BCUT2D eigenvalue weighted by Gasteiger charge is 2.23. The van der Waals surface area contributed by atoms with E-state index in [2.05, 4.69) is 5.32 Å². The lowest BCUT2D eigenvalue weighted by Gasteiger charge is -2.10. The normalized spacial score (nSPS) is 10.4. The van der Waals surface area contributed by atoms with E-state index in [1.54, 1.807) is 11.5 Å². The molecule has 0 saturated carbocycles. The molecule has 0 fully saturated rings. The van der Waals surface area contributed by atoms with Crippen LogP contribution in [-0.4, -0.2) is 32.6 Å². The summed E-state index contributed by atoms with van der Waals surface area (Å²) in [6.45, 7) is 2.18. The molecule has 1 amide bonds. The third-order valence-corrected chi connectivity index (χ3v) is 5.22. The van der Waals surface area contributed by atoms with E-state index in [4.69, 9.17) is 4.74 Å². The molecule has 0 atom stereocenters. The average molecular weight is 411 g/mol.